The quantitative estimate of drug-likeness (QED) is 0.883. The lowest BCUT2D eigenvalue weighted by molar-refractivity contribution is 0.626. The third-order valence-corrected chi connectivity index (χ3v) is 4.32. The summed E-state index contributed by atoms with van der Waals surface area (Å²) < 4.78 is 1.34. The second-order valence-electron chi connectivity index (χ2n) is 5.47. The molecule has 0 bridgehead atoms. The first-order valence-electron chi connectivity index (χ1n) is 7.21. The van der Waals surface area contributed by atoms with Crippen molar-refractivity contribution in [1.29, 1.82) is 0 Å². The predicted molar refractivity (Wildman–Crippen MR) is 83.2 cm³/mol. The number of hydrogen-bond acceptors (Lipinski definition) is 2. The molecule has 1 aromatic heterocycles. The standard InChI is InChI=1S/C16H17ClN2O2/c1-2-6-11-14(17)18-16(21)19(15(11)20)13-9-12(13)10-7-4-3-5-8-10/h3-5,7-8,12-13H,2,6,9H2,1H3,(H,18,21). The van der Waals surface area contributed by atoms with E-state index in [1.54, 1.807) is 0 Å². The molecule has 2 atom stereocenters. The molecule has 0 radical (unpaired) electrons. The molecule has 0 spiro atoms. The first-order chi connectivity index (χ1) is 10.1. The summed E-state index contributed by atoms with van der Waals surface area (Å²) >= 11 is 6.00. The maximum absolute atomic E-state index is 12.5. The fourth-order valence-electron chi connectivity index (χ4n) is 2.85. The monoisotopic (exact) mass is 304 g/mol. The summed E-state index contributed by atoms with van der Waals surface area (Å²) in [5, 5.41) is 0.181. The van der Waals surface area contributed by atoms with Gasteiger partial charge in [-0.3, -0.25) is 14.3 Å². The summed E-state index contributed by atoms with van der Waals surface area (Å²) in [4.78, 5) is 27.2. The molecular weight excluding hydrogens is 288 g/mol. The number of benzene rings is 1. The van der Waals surface area contributed by atoms with Crippen molar-refractivity contribution in [2.75, 3.05) is 0 Å². The van der Waals surface area contributed by atoms with Gasteiger partial charge < -0.3 is 0 Å². The minimum Gasteiger partial charge on any atom is -0.297 e. The molecule has 21 heavy (non-hydrogen) atoms. The number of aromatic amines is 1. The van der Waals surface area contributed by atoms with Crippen LogP contribution in [0.1, 0.15) is 42.9 Å². The zero-order chi connectivity index (χ0) is 15.0. The highest BCUT2D eigenvalue weighted by atomic mass is 35.5. The zero-order valence-corrected chi connectivity index (χ0v) is 12.6. The number of aromatic nitrogens is 2. The Bertz CT molecular complexity index is 764. The fraction of sp³-hybridized carbons (Fsp3) is 0.375. The smallest absolute Gasteiger partial charge is 0.297 e. The second-order valence-corrected chi connectivity index (χ2v) is 5.85. The summed E-state index contributed by atoms with van der Waals surface area (Å²) in [6.45, 7) is 1.98. The molecule has 2 unspecified atom stereocenters. The SMILES string of the molecule is CCCc1c(Cl)[nH]c(=O)n(C2CC2c2ccccc2)c1=O. The zero-order valence-electron chi connectivity index (χ0n) is 11.8. The van der Waals surface area contributed by atoms with Gasteiger partial charge in [0, 0.05) is 12.0 Å². The average Bonchev–Trinajstić information content (AvgIpc) is 3.24. The highest BCUT2D eigenvalue weighted by molar-refractivity contribution is 6.30. The van der Waals surface area contributed by atoms with Crippen LogP contribution in [0.2, 0.25) is 5.15 Å². The van der Waals surface area contributed by atoms with Crippen LogP contribution in [0.5, 0.6) is 0 Å². The lowest BCUT2D eigenvalue weighted by Crippen LogP contribution is -2.37. The molecule has 3 rings (SSSR count). The molecular formula is C16H17ClN2O2. The molecule has 1 aromatic carbocycles. The molecule has 1 aliphatic rings. The van der Waals surface area contributed by atoms with Crippen LogP contribution in [0.25, 0.3) is 0 Å². The van der Waals surface area contributed by atoms with E-state index in [2.05, 4.69) is 4.98 Å². The molecule has 110 valence electrons. The molecule has 0 saturated heterocycles. The summed E-state index contributed by atoms with van der Waals surface area (Å²) in [6.07, 6.45) is 2.21. The molecule has 1 aliphatic carbocycles. The van der Waals surface area contributed by atoms with Crippen LogP contribution in [0, 0.1) is 0 Å². The van der Waals surface area contributed by atoms with E-state index in [1.807, 2.05) is 37.3 Å². The van der Waals surface area contributed by atoms with Crippen LogP contribution in [-0.4, -0.2) is 9.55 Å². The van der Waals surface area contributed by atoms with Crippen molar-refractivity contribution in [1.82, 2.24) is 9.55 Å². The highest BCUT2D eigenvalue weighted by Gasteiger charge is 2.42. The number of nitrogens with one attached hydrogen (secondary N) is 1. The number of nitrogens with zero attached hydrogens (tertiary/aromatic N) is 1. The van der Waals surface area contributed by atoms with Gasteiger partial charge in [0.1, 0.15) is 5.15 Å². The van der Waals surface area contributed by atoms with Gasteiger partial charge in [-0.15, -0.1) is 0 Å². The lowest BCUT2D eigenvalue weighted by Gasteiger charge is -2.08. The van der Waals surface area contributed by atoms with Crippen LogP contribution in [0.15, 0.2) is 39.9 Å². The molecule has 0 amide bonds. The van der Waals surface area contributed by atoms with E-state index in [0.29, 0.717) is 12.0 Å². The van der Waals surface area contributed by atoms with Gasteiger partial charge in [0.15, 0.2) is 0 Å². The Morgan fingerprint density at radius 3 is 2.67 bits per heavy atom. The second kappa shape index (κ2) is 5.53. The summed E-state index contributed by atoms with van der Waals surface area (Å²) in [5.74, 6) is 0.237. The highest BCUT2D eigenvalue weighted by Crippen LogP contribution is 2.50. The van der Waals surface area contributed by atoms with Crippen molar-refractivity contribution in [3.8, 4) is 0 Å². The third-order valence-electron chi connectivity index (χ3n) is 3.99. The number of halogens is 1. The molecule has 2 aromatic rings. The van der Waals surface area contributed by atoms with Crippen molar-refractivity contribution >= 4 is 11.6 Å². The van der Waals surface area contributed by atoms with Gasteiger partial charge in [0.2, 0.25) is 0 Å². The van der Waals surface area contributed by atoms with Crippen LogP contribution >= 0.6 is 11.6 Å². The Hall–Kier alpha value is -1.81. The summed E-state index contributed by atoms with van der Waals surface area (Å²) in [5.41, 5.74) is 1.03. The molecule has 1 fully saturated rings. The molecule has 1 N–H and O–H groups in total. The maximum atomic E-state index is 12.5. The largest absolute Gasteiger partial charge is 0.329 e. The first kappa shape index (κ1) is 14.1. The van der Waals surface area contributed by atoms with Gasteiger partial charge in [-0.25, -0.2) is 4.79 Å². The van der Waals surface area contributed by atoms with E-state index in [9.17, 15) is 9.59 Å². The minimum atomic E-state index is -0.409. The minimum absolute atomic E-state index is 0.0588. The normalized spacial score (nSPS) is 20.5. The van der Waals surface area contributed by atoms with Gasteiger partial charge in [-0.1, -0.05) is 55.3 Å². The number of rotatable bonds is 4. The molecule has 5 heteroatoms. The van der Waals surface area contributed by atoms with Crippen molar-refractivity contribution in [2.45, 2.75) is 38.1 Å². The fourth-order valence-corrected chi connectivity index (χ4v) is 3.11. The summed E-state index contributed by atoms with van der Waals surface area (Å²) in [6, 6.07) is 9.92. The Balaban J connectivity index is 2.00. The Labute approximate surface area is 127 Å². The maximum Gasteiger partial charge on any atom is 0.329 e. The lowest BCUT2D eigenvalue weighted by atomic mass is 10.1. The van der Waals surface area contributed by atoms with Crippen LogP contribution in [0.3, 0.4) is 0 Å². The number of hydrogen-bond donors (Lipinski definition) is 1. The van der Waals surface area contributed by atoms with Crippen molar-refractivity contribution in [2.24, 2.45) is 0 Å². The van der Waals surface area contributed by atoms with Gasteiger partial charge in [-0.2, -0.15) is 0 Å². The number of H-pyrrole nitrogens is 1. The van der Waals surface area contributed by atoms with Gasteiger partial charge in [0.25, 0.3) is 5.56 Å². The van der Waals surface area contributed by atoms with E-state index in [4.69, 9.17) is 11.6 Å². The van der Waals surface area contributed by atoms with Crippen molar-refractivity contribution in [3.05, 3.63) is 67.4 Å². The predicted octanol–water partition coefficient (Wildman–Crippen LogP) is 2.87. The van der Waals surface area contributed by atoms with E-state index in [1.165, 1.54) is 10.1 Å². The van der Waals surface area contributed by atoms with Crippen LogP contribution in [0.4, 0.5) is 0 Å². The topological polar surface area (TPSA) is 54.9 Å². The van der Waals surface area contributed by atoms with E-state index in [-0.39, 0.29) is 22.7 Å². The Morgan fingerprint density at radius 1 is 1.29 bits per heavy atom. The molecule has 1 saturated carbocycles. The first-order valence-corrected chi connectivity index (χ1v) is 7.59. The van der Waals surface area contributed by atoms with Crippen molar-refractivity contribution in [3.63, 3.8) is 0 Å². The summed E-state index contributed by atoms with van der Waals surface area (Å²) in [7, 11) is 0. The van der Waals surface area contributed by atoms with Crippen LogP contribution in [-0.2, 0) is 6.42 Å². The third kappa shape index (κ3) is 2.56. The van der Waals surface area contributed by atoms with E-state index < -0.39 is 5.69 Å². The average molecular weight is 305 g/mol. The molecule has 1 heterocycles. The Morgan fingerprint density at radius 2 is 2.00 bits per heavy atom. The molecule has 0 aliphatic heterocycles. The van der Waals surface area contributed by atoms with Gasteiger partial charge in [-0.05, 0) is 18.4 Å². The van der Waals surface area contributed by atoms with E-state index in [0.717, 1.165) is 12.8 Å². The Kier molecular flexibility index (Phi) is 3.72. The van der Waals surface area contributed by atoms with E-state index >= 15 is 0 Å². The van der Waals surface area contributed by atoms with Gasteiger partial charge >= 0.3 is 5.69 Å². The van der Waals surface area contributed by atoms with Gasteiger partial charge in [0.05, 0.1) is 5.56 Å². The van der Waals surface area contributed by atoms with Crippen molar-refractivity contribution < 1.29 is 0 Å². The molecule has 4 nitrogen and oxygen atoms in total. The van der Waals surface area contributed by atoms with Crippen LogP contribution < -0.4 is 11.2 Å².